The van der Waals surface area contributed by atoms with E-state index in [0.717, 1.165) is 5.56 Å². The molecule has 0 spiro atoms. The number of allylic oxidation sites excluding steroid dienone is 2. The maximum Gasteiger partial charge on any atom is 0.328 e. The van der Waals surface area contributed by atoms with Gasteiger partial charge in [0.15, 0.2) is 0 Å². The number of aromatic amines is 1. The number of aromatic nitrogens is 2. The molecule has 0 fully saturated rings. The van der Waals surface area contributed by atoms with Crippen molar-refractivity contribution in [2.24, 2.45) is 5.92 Å². The Bertz CT molecular complexity index is 898. The second-order valence-corrected chi connectivity index (χ2v) is 5.42. The van der Waals surface area contributed by atoms with Gasteiger partial charge < -0.3 is 5.11 Å². The summed E-state index contributed by atoms with van der Waals surface area (Å²) in [6.45, 7) is -0.0196. The number of nitrogens with one attached hydrogen (secondary N) is 1. The number of aliphatic hydroxyl groups is 1. The third-order valence-corrected chi connectivity index (χ3v) is 3.89. The van der Waals surface area contributed by atoms with Gasteiger partial charge in [0.2, 0.25) is 0 Å². The van der Waals surface area contributed by atoms with Crippen LogP contribution in [0.5, 0.6) is 0 Å². The van der Waals surface area contributed by atoms with Gasteiger partial charge in [0, 0.05) is 24.3 Å². The van der Waals surface area contributed by atoms with Crippen LogP contribution in [0.2, 0.25) is 0 Å². The monoisotopic (exact) mass is 308 g/mol. The fourth-order valence-corrected chi connectivity index (χ4v) is 2.65. The lowest BCUT2D eigenvalue weighted by molar-refractivity contribution is 0.202. The van der Waals surface area contributed by atoms with Crippen molar-refractivity contribution in [1.82, 2.24) is 9.55 Å². The molecule has 1 heterocycles. The largest absolute Gasteiger partial charge is 0.396 e. The zero-order chi connectivity index (χ0) is 16.2. The lowest BCUT2D eigenvalue weighted by Crippen LogP contribution is -2.35. The van der Waals surface area contributed by atoms with E-state index >= 15 is 0 Å². The predicted octanol–water partition coefficient (Wildman–Crippen LogP) is 1.05. The Morgan fingerprint density at radius 2 is 2.00 bits per heavy atom. The van der Waals surface area contributed by atoms with Crippen molar-refractivity contribution in [3.8, 4) is 11.8 Å². The normalized spacial score (nSPS) is 19.3. The molecule has 0 radical (unpaired) electrons. The Hall–Kier alpha value is -2.84. The smallest absolute Gasteiger partial charge is 0.328 e. The molecule has 1 aliphatic rings. The third kappa shape index (κ3) is 3.17. The molecule has 23 heavy (non-hydrogen) atoms. The Morgan fingerprint density at radius 3 is 2.74 bits per heavy atom. The van der Waals surface area contributed by atoms with Gasteiger partial charge in [-0.25, -0.2) is 4.79 Å². The van der Waals surface area contributed by atoms with Crippen LogP contribution in [0.4, 0.5) is 0 Å². The van der Waals surface area contributed by atoms with E-state index in [1.807, 2.05) is 42.5 Å². The second-order valence-electron chi connectivity index (χ2n) is 5.42. The minimum absolute atomic E-state index is 0.0196. The first-order chi connectivity index (χ1) is 11.2. The van der Waals surface area contributed by atoms with E-state index < -0.39 is 11.2 Å². The first kappa shape index (κ1) is 15.1. The van der Waals surface area contributed by atoms with Crippen molar-refractivity contribution in [3.05, 3.63) is 80.6 Å². The van der Waals surface area contributed by atoms with E-state index in [9.17, 15) is 14.7 Å². The molecule has 0 aliphatic heterocycles. The molecular formula is C18H16N2O3. The van der Waals surface area contributed by atoms with E-state index in [0.29, 0.717) is 6.42 Å². The van der Waals surface area contributed by atoms with Crippen molar-refractivity contribution in [2.45, 2.75) is 12.5 Å². The Labute approximate surface area is 132 Å². The van der Waals surface area contributed by atoms with Crippen LogP contribution >= 0.6 is 0 Å². The second kappa shape index (κ2) is 6.51. The van der Waals surface area contributed by atoms with Gasteiger partial charge in [0.05, 0.1) is 6.04 Å². The number of hydrogen-bond donors (Lipinski definition) is 2. The van der Waals surface area contributed by atoms with Gasteiger partial charge in [0.1, 0.15) is 5.56 Å². The number of nitrogens with zero attached hydrogens (tertiary/aromatic N) is 1. The van der Waals surface area contributed by atoms with E-state index in [-0.39, 0.29) is 24.1 Å². The molecule has 1 aromatic carbocycles. The van der Waals surface area contributed by atoms with Crippen LogP contribution in [0.1, 0.15) is 23.6 Å². The van der Waals surface area contributed by atoms with E-state index in [4.69, 9.17) is 0 Å². The van der Waals surface area contributed by atoms with Crippen LogP contribution in [0, 0.1) is 17.8 Å². The summed E-state index contributed by atoms with van der Waals surface area (Å²) in [6, 6.07) is 9.05. The number of hydrogen-bond acceptors (Lipinski definition) is 3. The highest BCUT2D eigenvalue weighted by Gasteiger charge is 2.24. The molecule has 0 saturated carbocycles. The zero-order valence-electron chi connectivity index (χ0n) is 12.4. The summed E-state index contributed by atoms with van der Waals surface area (Å²) in [7, 11) is 0. The maximum absolute atomic E-state index is 12.1. The average molecular weight is 308 g/mol. The minimum Gasteiger partial charge on any atom is -0.396 e. The Morgan fingerprint density at radius 1 is 1.22 bits per heavy atom. The van der Waals surface area contributed by atoms with Gasteiger partial charge in [-0.3, -0.25) is 14.3 Å². The summed E-state index contributed by atoms with van der Waals surface area (Å²) >= 11 is 0. The standard InChI is InChI=1S/C18H16N2O3/c21-12-15-7-4-8-16(15)20-11-14(17(22)19-18(20)23)10-9-13-5-2-1-3-6-13/h1-6,8,11,15-16,21H,7,12H2,(H,19,22,23)/t15-,16-/m0/s1. The van der Waals surface area contributed by atoms with Gasteiger partial charge in [-0.15, -0.1) is 0 Å². The highest BCUT2D eigenvalue weighted by molar-refractivity contribution is 5.40. The Kier molecular flexibility index (Phi) is 4.26. The molecule has 0 unspecified atom stereocenters. The number of aliphatic hydroxyl groups excluding tert-OH is 1. The van der Waals surface area contributed by atoms with Crippen molar-refractivity contribution in [3.63, 3.8) is 0 Å². The van der Waals surface area contributed by atoms with Gasteiger partial charge in [-0.2, -0.15) is 0 Å². The van der Waals surface area contributed by atoms with E-state index in [2.05, 4.69) is 16.8 Å². The van der Waals surface area contributed by atoms with Crippen molar-refractivity contribution in [1.29, 1.82) is 0 Å². The molecule has 5 nitrogen and oxygen atoms in total. The average Bonchev–Trinajstić information content (AvgIpc) is 3.03. The van der Waals surface area contributed by atoms with Crippen LogP contribution in [-0.4, -0.2) is 21.3 Å². The summed E-state index contributed by atoms with van der Waals surface area (Å²) < 4.78 is 1.43. The van der Waals surface area contributed by atoms with Crippen LogP contribution in [0.25, 0.3) is 0 Å². The molecule has 2 N–H and O–H groups in total. The molecule has 2 atom stereocenters. The van der Waals surface area contributed by atoms with Crippen LogP contribution in [-0.2, 0) is 0 Å². The molecule has 116 valence electrons. The Balaban J connectivity index is 2.01. The highest BCUT2D eigenvalue weighted by atomic mass is 16.3. The fourth-order valence-electron chi connectivity index (χ4n) is 2.65. The van der Waals surface area contributed by atoms with Crippen LogP contribution in [0.3, 0.4) is 0 Å². The minimum atomic E-state index is -0.503. The van der Waals surface area contributed by atoms with Crippen molar-refractivity contribution < 1.29 is 5.11 Å². The third-order valence-electron chi connectivity index (χ3n) is 3.89. The highest BCUT2D eigenvalue weighted by Crippen LogP contribution is 2.27. The molecule has 1 aliphatic carbocycles. The van der Waals surface area contributed by atoms with Crippen LogP contribution in [0.15, 0.2) is 58.3 Å². The van der Waals surface area contributed by atoms with Gasteiger partial charge in [-0.1, -0.05) is 42.2 Å². The number of H-pyrrole nitrogens is 1. The molecule has 0 amide bonds. The molecule has 2 aromatic rings. The number of benzene rings is 1. The maximum atomic E-state index is 12.1. The van der Waals surface area contributed by atoms with Gasteiger partial charge >= 0.3 is 5.69 Å². The number of rotatable bonds is 2. The van der Waals surface area contributed by atoms with Crippen molar-refractivity contribution in [2.75, 3.05) is 6.61 Å². The van der Waals surface area contributed by atoms with Crippen molar-refractivity contribution >= 4 is 0 Å². The fraction of sp³-hybridized carbons (Fsp3) is 0.222. The summed E-state index contributed by atoms with van der Waals surface area (Å²) in [4.78, 5) is 26.3. The SMILES string of the molecule is O=c1[nH]c(=O)n([C@H]2C=CC[C@H]2CO)cc1C#Cc1ccccc1. The lowest BCUT2D eigenvalue weighted by Gasteiger charge is -2.19. The first-order valence-corrected chi connectivity index (χ1v) is 7.39. The van der Waals surface area contributed by atoms with E-state index in [1.165, 1.54) is 10.8 Å². The summed E-state index contributed by atoms with van der Waals surface area (Å²) in [5.74, 6) is 5.66. The zero-order valence-corrected chi connectivity index (χ0v) is 12.4. The topological polar surface area (TPSA) is 75.1 Å². The quantitative estimate of drug-likeness (QED) is 0.643. The molecule has 5 heteroatoms. The molecule has 1 aromatic heterocycles. The van der Waals surface area contributed by atoms with E-state index in [1.54, 1.807) is 0 Å². The molecular weight excluding hydrogens is 292 g/mol. The summed E-state index contributed by atoms with van der Waals surface area (Å²) in [6.07, 6.45) is 5.98. The van der Waals surface area contributed by atoms with Gasteiger partial charge in [-0.05, 0) is 18.6 Å². The predicted molar refractivity (Wildman–Crippen MR) is 87.1 cm³/mol. The molecule has 0 saturated heterocycles. The first-order valence-electron chi connectivity index (χ1n) is 7.39. The summed E-state index contributed by atoms with van der Waals surface area (Å²) in [5.41, 5.74) is 0.0246. The lowest BCUT2D eigenvalue weighted by atomic mass is 10.0. The van der Waals surface area contributed by atoms with Crippen LogP contribution < -0.4 is 11.2 Å². The molecule has 3 rings (SSSR count). The van der Waals surface area contributed by atoms with Gasteiger partial charge in [0.25, 0.3) is 5.56 Å². The summed E-state index contributed by atoms with van der Waals surface area (Å²) in [5, 5.41) is 9.41. The molecule has 0 bridgehead atoms.